The highest BCUT2D eigenvalue weighted by Gasteiger charge is 2.13. The van der Waals surface area contributed by atoms with Crippen molar-refractivity contribution in [1.29, 1.82) is 0 Å². The minimum atomic E-state index is -0.789. The summed E-state index contributed by atoms with van der Waals surface area (Å²) in [5.41, 5.74) is -0.139. The topological polar surface area (TPSA) is 73.2 Å². The lowest BCUT2D eigenvalue weighted by Crippen LogP contribution is -2.21. The Balaban J connectivity index is 1.90. The van der Waals surface area contributed by atoms with E-state index in [1.165, 1.54) is 17.1 Å². The predicted octanol–water partition coefficient (Wildman–Crippen LogP) is 1.49. The summed E-state index contributed by atoms with van der Waals surface area (Å²) in [6.07, 6.45) is 2.71. The van der Waals surface area contributed by atoms with Crippen LogP contribution >= 0.6 is 0 Å². The molecule has 6 nitrogen and oxygen atoms in total. The van der Waals surface area contributed by atoms with Gasteiger partial charge >= 0.3 is 5.97 Å². The quantitative estimate of drug-likeness (QED) is 0.867. The first-order valence-corrected chi connectivity index (χ1v) is 5.86. The van der Waals surface area contributed by atoms with Crippen LogP contribution in [0, 0.1) is 11.6 Å². The lowest BCUT2D eigenvalue weighted by molar-refractivity contribution is -0.119. The first kappa shape index (κ1) is 14.6. The molecule has 0 saturated carbocycles. The fourth-order valence-electron chi connectivity index (χ4n) is 1.52. The average molecular weight is 295 g/mol. The van der Waals surface area contributed by atoms with Crippen molar-refractivity contribution >= 4 is 17.6 Å². The number of halogens is 2. The van der Waals surface area contributed by atoms with Crippen LogP contribution in [0.2, 0.25) is 0 Å². The van der Waals surface area contributed by atoms with Gasteiger partial charge in [-0.05, 0) is 12.1 Å². The molecule has 0 aliphatic heterocycles. The van der Waals surface area contributed by atoms with Crippen molar-refractivity contribution < 1.29 is 23.1 Å². The zero-order chi connectivity index (χ0) is 15.4. The summed E-state index contributed by atoms with van der Waals surface area (Å²) in [4.78, 5) is 23.1. The third-order valence-electron chi connectivity index (χ3n) is 2.48. The third-order valence-corrected chi connectivity index (χ3v) is 2.48. The summed E-state index contributed by atoms with van der Waals surface area (Å²) >= 11 is 0. The summed E-state index contributed by atoms with van der Waals surface area (Å²) in [5, 5.41) is 5.89. The van der Waals surface area contributed by atoms with Crippen LogP contribution in [0.15, 0.2) is 30.6 Å². The number of aryl methyl sites for hydroxylation is 1. The zero-order valence-corrected chi connectivity index (χ0v) is 11.0. The smallest absolute Gasteiger partial charge is 0.341 e. The molecule has 2 rings (SSSR count). The lowest BCUT2D eigenvalue weighted by atomic mass is 10.3. The Morgan fingerprint density at radius 3 is 2.81 bits per heavy atom. The van der Waals surface area contributed by atoms with Crippen molar-refractivity contribution in [3.63, 3.8) is 0 Å². The second-order valence-corrected chi connectivity index (χ2v) is 4.15. The van der Waals surface area contributed by atoms with E-state index in [9.17, 15) is 18.4 Å². The monoisotopic (exact) mass is 295 g/mol. The second kappa shape index (κ2) is 6.12. The number of nitrogens with one attached hydrogen (secondary N) is 1. The van der Waals surface area contributed by atoms with E-state index in [4.69, 9.17) is 4.74 Å². The zero-order valence-electron chi connectivity index (χ0n) is 11.0. The molecule has 0 aliphatic carbocycles. The van der Waals surface area contributed by atoms with Gasteiger partial charge in [0, 0.05) is 19.3 Å². The number of hydrogen-bond donors (Lipinski definition) is 1. The average Bonchev–Trinajstić information content (AvgIpc) is 2.87. The largest absolute Gasteiger partial charge is 0.452 e. The van der Waals surface area contributed by atoms with E-state index in [2.05, 4.69) is 10.4 Å². The highest BCUT2D eigenvalue weighted by atomic mass is 19.1. The number of amides is 1. The molecule has 0 bridgehead atoms. The van der Waals surface area contributed by atoms with Crippen LogP contribution in [0.4, 0.5) is 14.5 Å². The van der Waals surface area contributed by atoms with E-state index in [0.29, 0.717) is 0 Å². The normalized spacial score (nSPS) is 10.2. The van der Waals surface area contributed by atoms with Crippen molar-refractivity contribution in [2.45, 2.75) is 0 Å². The van der Waals surface area contributed by atoms with Gasteiger partial charge in [0.15, 0.2) is 6.61 Å². The molecule has 0 aliphatic rings. The molecule has 1 aromatic carbocycles. The van der Waals surface area contributed by atoms with Gasteiger partial charge < -0.3 is 10.1 Å². The number of anilines is 1. The number of rotatable bonds is 4. The van der Waals surface area contributed by atoms with Gasteiger partial charge in [-0.2, -0.15) is 5.10 Å². The van der Waals surface area contributed by atoms with E-state index >= 15 is 0 Å². The summed E-state index contributed by atoms with van der Waals surface area (Å²) in [7, 11) is 1.62. The number of aromatic nitrogens is 2. The highest BCUT2D eigenvalue weighted by Crippen LogP contribution is 2.15. The van der Waals surface area contributed by atoms with E-state index < -0.39 is 30.1 Å². The van der Waals surface area contributed by atoms with E-state index in [0.717, 1.165) is 18.2 Å². The Bertz CT molecular complexity index is 685. The van der Waals surface area contributed by atoms with Crippen molar-refractivity contribution in [2.75, 3.05) is 11.9 Å². The number of carbonyl (C=O) groups excluding carboxylic acids is 2. The third kappa shape index (κ3) is 3.85. The van der Waals surface area contributed by atoms with Gasteiger partial charge in [-0.3, -0.25) is 9.48 Å². The van der Waals surface area contributed by atoms with Gasteiger partial charge in [-0.15, -0.1) is 0 Å². The molecule has 0 saturated heterocycles. The number of esters is 1. The van der Waals surface area contributed by atoms with E-state index in [1.807, 2.05) is 0 Å². The standard InChI is InChI=1S/C13H11F2N3O3/c1-18-6-8(5-16-18)13(20)21-7-12(19)17-11-4-9(14)2-3-10(11)15/h2-6H,7H2,1H3,(H,17,19). The van der Waals surface area contributed by atoms with Crippen molar-refractivity contribution in [3.8, 4) is 0 Å². The molecule has 1 N–H and O–H groups in total. The minimum Gasteiger partial charge on any atom is -0.452 e. The van der Waals surface area contributed by atoms with E-state index in [1.54, 1.807) is 7.05 Å². The summed E-state index contributed by atoms with van der Waals surface area (Å²) in [6.45, 7) is -0.621. The maximum absolute atomic E-state index is 13.3. The lowest BCUT2D eigenvalue weighted by Gasteiger charge is -2.07. The molecule has 0 unspecified atom stereocenters. The van der Waals surface area contributed by atoms with Gasteiger partial charge in [0.2, 0.25) is 0 Å². The van der Waals surface area contributed by atoms with Crippen LogP contribution in [-0.4, -0.2) is 28.3 Å². The Morgan fingerprint density at radius 2 is 2.14 bits per heavy atom. The molecule has 110 valence electrons. The molecular formula is C13H11F2N3O3. The van der Waals surface area contributed by atoms with Crippen LogP contribution in [0.1, 0.15) is 10.4 Å². The summed E-state index contributed by atoms with van der Waals surface area (Å²) in [5.74, 6) is -3.00. The molecule has 0 fully saturated rings. The molecule has 8 heteroatoms. The van der Waals surface area contributed by atoms with E-state index in [-0.39, 0.29) is 11.3 Å². The van der Waals surface area contributed by atoms with Crippen LogP contribution in [0.25, 0.3) is 0 Å². The summed E-state index contributed by atoms with van der Waals surface area (Å²) < 4.78 is 32.3. The van der Waals surface area contributed by atoms with Crippen LogP contribution < -0.4 is 5.32 Å². The Hall–Kier alpha value is -2.77. The van der Waals surface area contributed by atoms with Gasteiger partial charge in [0.05, 0.1) is 17.4 Å². The molecular weight excluding hydrogens is 284 g/mol. The van der Waals surface area contributed by atoms with Crippen molar-refractivity contribution in [2.24, 2.45) is 7.05 Å². The number of ether oxygens (including phenoxy) is 1. The van der Waals surface area contributed by atoms with Gasteiger partial charge in [0.25, 0.3) is 5.91 Å². The Kier molecular flexibility index (Phi) is 4.27. The van der Waals surface area contributed by atoms with Crippen LogP contribution in [-0.2, 0) is 16.6 Å². The maximum Gasteiger partial charge on any atom is 0.341 e. The van der Waals surface area contributed by atoms with Crippen molar-refractivity contribution in [3.05, 3.63) is 47.8 Å². The molecule has 2 aromatic rings. The van der Waals surface area contributed by atoms with Crippen molar-refractivity contribution in [1.82, 2.24) is 9.78 Å². The Morgan fingerprint density at radius 1 is 1.38 bits per heavy atom. The molecule has 1 aromatic heterocycles. The predicted molar refractivity (Wildman–Crippen MR) is 68.5 cm³/mol. The van der Waals surface area contributed by atoms with Crippen LogP contribution in [0.5, 0.6) is 0 Å². The molecule has 0 atom stereocenters. The second-order valence-electron chi connectivity index (χ2n) is 4.15. The van der Waals surface area contributed by atoms with Gasteiger partial charge in [-0.1, -0.05) is 0 Å². The number of hydrogen-bond acceptors (Lipinski definition) is 4. The molecule has 0 spiro atoms. The van der Waals surface area contributed by atoms with Crippen LogP contribution in [0.3, 0.4) is 0 Å². The molecule has 21 heavy (non-hydrogen) atoms. The van der Waals surface area contributed by atoms with Gasteiger partial charge in [-0.25, -0.2) is 13.6 Å². The number of carbonyl (C=O) groups is 2. The fourth-order valence-corrected chi connectivity index (χ4v) is 1.52. The number of benzene rings is 1. The van der Waals surface area contributed by atoms with Gasteiger partial charge in [0.1, 0.15) is 11.6 Å². The fraction of sp³-hybridized carbons (Fsp3) is 0.154. The Labute approximate surface area is 118 Å². The highest BCUT2D eigenvalue weighted by molar-refractivity contribution is 5.95. The SMILES string of the molecule is Cn1cc(C(=O)OCC(=O)Nc2cc(F)ccc2F)cn1. The minimum absolute atomic E-state index is 0.183. The molecule has 0 radical (unpaired) electrons. The maximum atomic E-state index is 13.3. The number of nitrogens with zero attached hydrogens (tertiary/aromatic N) is 2. The summed E-state index contributed by atoms with van der Waals surface area (Å²) in [6, 6.07) is 2.64. The first-order valence-electron chi connectivity index (χ1n) is 5.86. The molecule has 1 heterocycles. The molecule has 1 amide bonds. The first-order chi connectivity index (χ1) is 9.95.